The van der Waals surface area contributed by atoms with Gasteiger partial charge in [0, 0.05) is 35.9 Å². The first-order chi connectivity index (χ1) is 13.6. The van der Waals surface area contributed by atoms with E-state index < -0.39 is 0 Å². The Morgan fingerprint density at radius 3 is 2.71 bits per heavy atom. The number of nitrogens with two attached hydrogens (primary N) is 1. The van der Waals surface area contributed by atoms with Gasteiger partial charge in [-0.2, -0.15) is 10.5 Å². The zero-order chi connectivity index (χ0) is 19.7. The predicted octanol–water partition coefficient (Wildman–Crippen LogP) is 2.77. The van der Waals surface area contributed by atoms with Gasteiger partial charge in [0.25, 0.3) is 0 Å². The van der Waals surface area contributed by atoms with E-state index in [0.717, 1.165) is 5.69 Å². The zero-order valence-corrected chi connectivity index (χ0v) is 15.6. The lowest BCUT2D eigenvalue weighted by molar-refractivity contribution is 0.198. The van der Waals surface area contributed by atoms with Gasteiger partial charge in [-0.05, 0) is 30.7 Å². The molecule has 0 saturated carbocycles. The molecule has 138 valence electrons. The van der Waals surface area contributed by atoms with Crippen molar-refractivity contribution in [1.29, 1.82) is 10.5 Å². The average Bonchev–Trinajstić information content (AvgIpc) is 3.39. The fourth-order valence-electron chi connectivity index (χ4n) is 3.32. The summed E-state index contributed by atoms with van der Waals surface area (Å²) in [5, 5.41) is 31.5. The number of benzene rings is 1. The number of pyridine rings is 1. The summed E-state index contributed by atoms with van der Waals surface area (Å²) in [5.41, 5.74) is 9.63. The summed E-state index contributed by atoms with van der Waals surface area (Å²) in [7, 11) is 0. The molecule has 1 fully saturated rings. The Balaban J connectivity index is 1.88. The van der Waals surface area contributed by atoms with Gasteiger partial charge < -0.3 is 15.7 Å². The Morgan fingerprint density at radius 1 is 1.21 bits per heavy atom. The number of rotatable bonds is 3. The van der Waals surface area contributed by atoms with E-state index in [1.807, 2.05) is 16.3 Å². The largest absolute Gasteiger partial charge is 0.398 e. The molecule has 2 aromatic heterocycles. The Hall–Kier alpha value is -3.46. The van der Waals surface area contributed by atoms with Gasteiger partial charge in [0.1, 0.15) is 22.3 Å². The molecule has 3 N–H and O–H groups in total. The molecule has 3 heterocycles. The number of nitrogen functional groups attached to an aromatic ring is 1. The van der Waals surface area contributed by atoms with Gasteiger partial charge in [-0.25, -0.2) is 9.97 Å². The standard InChI is InChI=1S/C20H16N6OS/c21-9-12-5-13(7-14(6-12)26-3-1-15(27)11-26)19-16(10-22)17(23)8-18(25-19)20-24-2-4-28-20/h2,4-8,15,27H,1,3,11H2,(H2,23,25)/t15-/m1/s1. The molecule has 0 radical (unpaired) electrons. The molecule has 1 aliphatic heterocycles. The monoisotopic (exact) mass is 388 g/mol. The van der Waals surface area contributed by atoms with Gasteiger partial charge in [0.2, 0.25) is 0 Å². The molecule has 1 atom stereocenters. The summed E-state index contributed by atoms with van der Waals surface area (Å²) in [6.07, 6.45) is 1.98. The van der Waals surface area contributed by atoms with Crippen LogP contribution in [0.2, 0.25) is 0 Å². The molecule has 28 heavy (non-hydrogen) atoms. The van der Waals surface area contributed by atoms with Gasteiger partial charge in [0.15, 0.2) is 0 Å². The second kappa shape index (κ2) is 7.28. The molecule has 1 aromatic carbocycles. The predicted molar refractivity (Wildman–Crippen MR) is 107 cm³/mol. The lowest BCUT2D eigenvalue weighted by atomic mass is 10.0. The van der Waals surface area contributed by atoms with E-state index in [1.54, 1.807) is 24.4 Å². The van der Waals surface area contributed by atoms with Crippen molar-refractivity contribution in [2.75, 3.05) is 23.7 Å². The van der Waals surface area contributed by atoms with Crippen LogP contribution in [-0.2, 0) is 0 Å². The third-order valence-corrected chi connectivity index (χ3v) is 5.46. The number of hydrogen-bond donors (Lipinski definition) is 2. The zero-order valence-electron chi connectivity index (χ0n) is 14.8. The minimum absolute atomic E-state index is 0.266. The van der Waals surface area contributed by atoms with Crippen LogP contribution >= 0.6 is 11.3 Å². The summed E-state index contributed by atoms with van der Waals surface area (Å²) in [4.78, 5) is 10.9. The van der Waals surface area contributed by atoms with E-state index in [-0.39, 0.29) is 11.7 Å². The van der Waals surface area contributed by atoms with E-state index in [0.29, 0.717) is 52.7 Å². The molecule has 8 heteroatoms. The fraction of sp³-hybridized carbons (Fsp3) is 0.200. The van der Waals surface area contributed by atoms with Crippen molar-refractivity contribution < 1.29 is 5.11 Å². The number of aliphatic hydroxyl groups excluding tert-OH is 1. The van der Waals surface area contributed by atoms with Crippen LogP contribution in [0, 0.1) is 22.7 Å². The summed E-state index contributed by atoms with van der Waals surface area (Å²) < 4.78 is 0. The number of β-amino-alcohol motifs (C(OH)–C–C–N with tert-alkyl or cyclic N) is 1. The van der Waals surface area contributed by atoms with Gasteiger partial charge >= 0.3 is 0 Å². The molecule has 3 aromatic rings. The number of nitriles is 2. The van der Waals surface area contributed by atoms with E-state index in [1.165, 1.54) is 11.3 Å². The molecule has 0 aliphatic carbocycles. The highest BCUT2D eigenvalue weighted by Gasteiger charge is 2.22. The summed E-state index contributed by atoms with van der Waals surface area (Å²) in [6.45, 7) is 1.21. The molecular formula is C20H16N6OS. The highest BCUT2D eigenvalue weighted by atomic mass is 32.1. The maximum absolute atomic E-state index is 9.85. The van der Waals surface area contributed by atoms with Crippen molar-refractivity contribution in [3.63, 3.8) is 0 Å². The van der Waals surface area contributed by atoms with Gasteiger partial charge in [-0.3, -0.25) is 0 Å². The molecule has 0 amide bonds. The normalized spacial score (nSPS) is 16.0. The highest BCUT2D eigenvalue weighted by molar-refractivity contribution is 7.13. The van der Waals surface area contributed by atoms with Gasteiger partial charge in [-0.1, -0.05) is 0 Å². The summed E-state index contributed by atoms with van der Waals surface area (Å²) >= 11 is 1.43. The van der Waals surface area contributed by atoms with Crippen LogP contribution in [0.15, 0.2) is 35.8 Å². The van der Waals surface area contributed by atoms with Crippen LogP contribution in [0.5, 0.6) is 0 Å². The number of anilines is 2. The van der Waals surface area contributed by atoms with E-state index in [2.05, 4.69) is 22.1 Å². The van der Waals surface area contributed by atoms with E-state index >= 15 is 0 Å². The maximum atomic E-state index is 9.85. The molecule has 0 spiro atoms. The lowest BCUT2D eigenvalue weighted by Gasteiger charge is -2.19. The first-order valence-corrected chi connectivity index (χ1v) is 9.56. The highest BCUT2D eigenvalue weighted by Crippen LogP contribution is 2.34. The first-order valence-electron chi connectivity index (χ1n) is 8.68. The number of hydrogen-bond acceptors (Lipinski definition) is 8. The SMILES string of the molecule is N#Cc1cc(-c2nc(-c3nccs3)cc(N)c2C#N)cc(N2CC[C@@H](O)C2)c1. The minimum Gasteiger partial charge on any atom is -0.398 e. The van der Waals surface area contributed by atoms with Crippen LogP contribution in [0.1, 0.15) is 17.5 Å². The molecule has 1 aliphatic rings. The summed E-state index contributed by atoms with van der Waals surface area (Å²) in [6, 6.07) is 11.3. The molecule has 0 bridgehead atoms. The van der Waals surface area contributed by atoms with Crippen LogP contribution in [0.4, 0.5) is 11.4 Å². The van der Waals surface area contributed by atoms with E-state index in [4.69, 9.17) is 5.73 Å². The van der Waals surface area contributed by atoms with E-state index in [9.17, 15) is 15.6 Å². The van der Waals surface area contributed by atoms with Crippen LogP contribution in [-0.4, -0.2) is 34.3 Å². The second-order valence-electron chi connectivity index (χ2n) is 6.54. The second-order valence-corrected chi connectivity index (χ2v) is 7.43. The van der Waals surface area contributed by atoms with Gasteiger partial charge in [-0.15, -0.1) is 11.3 Å². The minimum atomic E-state index is -0.383. The molecule has 7 nitrogen and oxygen atoms in total. The lowest BCUT2D eigenvalue weighted by Crippen LogP contribution is -2.21. The molecular weight excluding hydrogens is 372 g/mol. The summed E-state index contributed by atoms with van der Waals surface area (Å²) in [5.74, 6) is 0. The van der Waals surface area contributed by atoms with Crippen LogP contribution < -0.4 is 10.6 Å². The number of aliphatic hydroxyl groups is 1. The third kappa shape index (κ3) is 3.27. The van der Waals surface area contributed by atoms with Crippen LogP contribution in [0.3, 0.4) is 0 Å². The molecule has 0 unspecified atom stereocenters. The van der Waals surface area contributed by atoms with Crippen LogP contribution in [0.25, 0.3) is 22.0 Å². The smallest absolute Gasteiger partial charge is 0.141 e. The van der Waals surface area contributed by atoms with Crippen molar-refractivity contribution in [1.82, 2.24) is 9.97 Å². The fourth-order valence-corrected chi connectivity index (χ4v) is 3.92. The van der Waals surface area contributed by atoms with Crippen molar-refractivity contribution in [2.45, 2.75) is 12.5 Å². The maximum Gasteiger partial charge on any atom is 0.141 e. The Bertz CT molecular complexity index is 1110. The number of aromatic nitrogens is 2. The number of nitrogens with zero attached hydrogens (tertiary/aromatic N) is 5. The Kier molecular flexibility index (Phi) is 4.66. The van der Waals surface area contributed by atoms with Crippen molar-refractivity contribution >= 4 is 22.7 Å². The molecule has 1 saturated heterocycles. The van der Waals surface area contributed by atoms with Gasteiger partial charge in [0.05, 0.1) is 29.1 Å². The number of thiazole rings is 1. The molecule has 4 rings (SSSR count). The van der Waals surface area contributed by atoms with Crippen molar-refractivity contribution in [3.05, 3.63) is 47.0 Å². The Labute approximate surface area is 165 Å². The quantitative estimate of drug-likeness (QED) is 0.707. The first kappa shape index (κ1) is 17.9. The van der Waals surface area contributed by atoms with Crippen molar-refractivity contribution in [2.24, 2.45) is 0 Å². The average molecular weight is 388 g/mol. The van der Waals surface area contributed by atoms with Crippen molar-refractivity contribution in [3.8, 4) is 34.1 Å². The third-order valence-electron chi connectivity index (χ3n) is 4.66. The Morgan fingerprint density at radius 2 is 2.07 bits per heavy atom. The topological polar surface area (TPSA) is 123 Å².